The van der Waals surface area contributed by atoms with Gasteiger partial charge in [0.25, 0.3) is 5.69 Å². The average molecular weight is 445 g/mol. The molecule has 0 N–H and O–H groups in total. The molecule has 0 saturated carbocycles. The predicted octanol–water partition coefficient (Wildman–Crippen LogP) is 3.92. The molecule has 0 aliphatic carbocycles. The lowest BCUT2D eigenvalue weighted by Gasteiger charge is -2.19. The normalized spacial score (nSPS) is 15.5. The predicted molar refractivity (Wildman–Crippen MR) is 116 cm³/mol. The van der Waals surface area contributed by atoms with Gasteiger partial charge in [-0.15, -0.1) is 0 Å². The fraction of sp³-hybridized carbons (Fsp3) is 0.318. The quantitative estimate of drug-likeness (QED) is 0.277. The van der Waals surface area contributed by atoms with Crippen LogP contribution >= 0.6 is 0 Å². The molecule has 0 amide bonds. The summed E-state index contributed by atoms with van der Waals surface area (Å²) in [6, 6.07) is 12.1. The van der Waals surface area contributed by atoms with Crippen LogP contribution in [0.25, 0.3) is 6.08 Å². The SMILES string of the molecule is O=C(/C=C/c1ccc(S(=O)(=O)N2CCCCCC2)cc1)OCc1ccc([N+](=O)[O-])cc1. The van der Waals surface area contributed by atoms with Gasteiger partial charge >= 0.3 is 5.97 Å². The van der Waals surface area contributed by atoms with Crippen LogP contribution in [0.5, 0.6) is 0 Å². The summed E-state index contributed by atoms with van der Waals surface area (Å²) >= 11 is 0. The maximum Gasteiger partial charge on any atom is 0.331 e. The Bertz CT molecular complexity index is 1040. The first kappa shape index (κ1) is 22.6. The van der Waals surface area contributed by atoms with Gasteiger partial charge in [0.05, 0.1) is 9.82 Å². The molecular formula is C22H24N2O6S. The van der Waals surface area contributed by atoms with Crippen molar-refractivity contribution in [1.29, 1.82) is 0 Å². The van der Waals surface area contributed by atoms with E-state index in [2.05, 4.69) is 0 Å². The molecule has 2 aromatic carbocycles. The lowest BCUT2D eigenvalue weighted by Crippen LogP contribution is -2.31. The molecule has 9 heteroatoms. The van der Waals surface area contributed by atoms with Crippen LogP contribution in [-0.4, -0.2) is 36.7 Å². The zero-order chi connectivity index (χ0) is 22.3. The highest BCUT2D eigenvalue weighted by molar-refractivity contribution is 7.89. The van der Waals surface area contributed by atoms with E-state index in [1.165, 1.54) is 30.3 Å². The van der Waals surface area contributed by atoms with Gasteiger partial charge in [-0.3, -0.25) is 10.1 Å². The van der Waals surface area contributed by atoms with E-state index in [4.69, 9.17) is 4.74 Å². The zero-order valence-electron chi connectivity index (χ0n) is 17.0. The minimum atomic E-state index is -3.51. The van der Waals surface area contributed by atoms with Crippen molar-refractivity contribution in [2.24, 2.45) is 0 Å². The Morgan fingerprint density at radius 1 is 1.00 bits per heavy atom. The monoisotopic (exact) mass is 444 g/mol. The summed E-state index contributed by atoms with van der Waals surface area (Å²) in [6.45, 7) is 1.09. The highest BCUT2D eigenvalue weighted by atomic mass is 32.2. The second-order valence-corrected chi connectivity index (χ2v) is 9.19. The third-order valence-corrected chi connectivity index (χ3v) is 6.94. The Kier molecular flexibility index (Phi) is 7.54. The number of non-ortho nitro benzene ring substituents is 1. The smallest absolute Gasteiger partial charge is 0.331 e. The Morgan fingerprint density at radius 2 is 1.61 bits per heavy atom. The van der Waals surface area contributed by atoms with Crippen LogP contribution < -0.4 is 0 Å². The molecule has 1 heterocycles. The number of ether oxygens (including phenoxy) is 1. The van der Waals surface area contributed by atoms with Crippen molar-refractivity contribution in [3.63, 3.8) is 0 Å². The van der Waals surface area contributed by atoms with Crippen molar-refractivity contribution in [1.82, 2.24) is 4.31 Å². The summed E-state index contributed by atoms with van der Waals surface area (Å²) < 4.78 is 32.2. The highest BCUT2D eigenvalue weighted by Gasteiger charge is 2.24. The Labute approximate surface area is 181 Å². The van der Waals surface area contributed by atoms with Gasteiger partial charge in [0.2, 0.25) is 10.0 Å². The highest BCUT2D eigenvalue weighted by Crippen LogP contribution is 2.21. The molecule has 2 aromatic rings. The summed E-state index contributed by atoms with van der Waals surface area (Å²) in [4.78, 5) is 22.3. The summed E-state index contributed by atoms with van der Waals surface area (Å²) in [5, 5.41) is 10.6. The minimum Gasteiger partial charge on any atom is -0.458 e. The molecule has 31 heavy (non-hydrogen) atoms. The number of esters is 1. The van der Waals surface area contributed by atoms with Crippen molar-refractivity contribution in [2.45, 2.75) is 37.2 Å². The number of benzene rings is 2. The average Bonchev–Trinajstić information content (AvgIpc) is 3.07. The van der Waals surface area contributed by atoms with Crippen LogP contribution in [0, 0.1) is 10.1 Å². The van der Waals surface area contributed by atoms with E-state index >= 15 is 0 Å². The fourth-order valence-electron chi connectivity index (χ4n) is 3.26. The summed E-state index contributed by atoms with van der Waals surface area (Å²) in [7, 11) is -3.51. The molecule has 0 atom stereocenters. The van der Waals surface area contributed by atoms with Gasteiger partial charge in [-0.25, -0.2) is 13.2 Å². The van der Waals surface area contributed by atoms with E-state index in [-0.39, 0.29) is 17.2 Å². The van der Waals surface area contributed by atoms with E-state index in [0.29, 0.717) is 24.2 Å². The molecule has 0 spiro atoms. The van der Waals surface area contributed by atoms with Crippen LogP contribution in [-0.2, 0) is 26.2 Å². The lowest BCUT2D eigenvalue weighted by molar-refractivity contribution is -0.384. The number of hydrogen-bond donors (Lipinski definition) is 0. The molecule has 164 valence electrons. The van der Waals surface area contributed by atoms with E-state index < -0.39 is 20.9 Å². The molecule has 1 saturated heterocycles. The number of carbonyl (C=O) groups is 1. The van der Waals surface area contributed by atoms with Crippen LogP contribution in [0.1, 0.15) is 36.8 Å². The molecule has 1 fully saturated rings. The number of rotatable bonds is 7. The van der Waals surface area contributed by atoms with E-state index in [1.807, 2.05) is 0 Å². The number of nitro groups is 1. The first-order valence-electron chi connectivity index (χ1n) is 10.0. The molecule has 0 aromatic heterocycles. The maximum absolute atomic E-state index is 12.8. The standard InChI is InChI=1S/C22H24N2O6S/c25-22(30-17-19-5-10-20(11-6-19)24(26)27)14-9-18-7-12-21(13-8-18)31(28,29)23-15-3-1-2-4-16-23/h5-14H,1-4,15-17H2/b14-9+. The van der Waals surface area contributed by atoms with Crippen LogP contribution in [0.2, 0.25) is 0 Å². The first-order valence-corrected chi connectivity index (χ1v) is 11.5. The van der Waals surface area contributed by atoms with Crippen molar-refractivity contribution in [3.8, 4) is 0 Å². The van der Waals surface area contributed by atoms with Gasteiger partial charge in [0, 0.05) is 31.3 Å². The largest absolute Gasteiger partial charge is 0.458 e. The Morgan fingerprint density at radius 3 is 2.19 bits per heavy atom. The summed E-state index contributed by atoms with van der Waals surface area (Å²) in [6.07, 6.45) is 6.65. The maximum atomic E-state index is 12.8. The van der Waals surface area contributed by atoms with Crippen molar-refractivity contribution >= 4 is 27.8 Å². The van der Waals surface area contributed by atoms with E-state index in [1.54, 1.807) is 34.6 Å². The summed E-state index contributed by atoms with van der Waals surface area (Å²) in [5.41, 5.74) is 1.27. The summed E-state index contributed by atoms with van der Waals surface area (Å²) in [5.74, 6) is -0.570. The van der Waals surface area contributed by atoms with Gasteiger partial charge in [-0.1, -0.05) is 25.0 Å². The second-order valence-electron chi connectivity index (χ2n) is 7.25. The molecule has 0 bridgehead atoms. The molecular weight excluding hydrogens is 420 g/mol. The molecule has 1 aliphatic rings. The third kappa shape index (κ3) is 6.22. The van der Waals surface area contributed by atoms with Gasteiger partial charge in [-0.2, -0.15) is 4.31 Å². The lowest BCUT2D eigenvalue weighted by atomic mass is 10.2. The number of sulfonamides is 1. The van der Waals surface area contributed by atoms with Crippen LogP contribution in [0.4, 0.5) is 5.69 Å². The van der Waals surface area contributed by atoms with E-state index in [0.717, 1.165) is 25.7 Å². The van der Waals surface area contributed by atoms with Gasteiger partial charge < -0.3 is 4.74 Å². The number of carbonyl (C=O) groups excluding carboxylic acids is 1. The fourth-order valence-corrected chi connectivity index (χ4v) is 4.78. The minimum absolute atomic E-state index is 0.00577. The van der Waals surface area contributed by atoms with Crippen LogP contribution in [0.3, 0.4) is 0 Å². The van der Waals surface area contributed by atoms with Gasteiger partial charge in [-0.05, 0) is 54.3 Å². The third-order valence-electron chi connectivity index (χ3n) is 5.02. The second kappa shape index (κ2) is 10.3. The van der Waals surface area contributed by atoms with Crippen molar-refractivity contribution in [2.75, 3.05) is 13.1 Å². The molecule has 0 radical (unpaired) electrons. The van der Waals surface area contributed by atoms with Crippen molar-refractivity contribution in [3.05, 3.63) is 75.8 Å². The molecule has 3 rings (SSSR count). The van der Waals surface area contributed by atoms with E-state index in [9.17, 15) is 23.3 Å². The van der Waals surface area contributed by atoms with Gasteiger partial charge in [0.15, 0.2) is 0 Å². The molecule has 8 nitrogen and oxygen atoms in total. The Hall–Kier alpha value is -3.04. The number of nitrogens with zero attached hydrogens (tertiary/aromatic N) is 2. The van der Waals surface area contributed by atoms with Crippen LogP contribution in [0.15, 0.2) is 59.5 Å². The first-order chi connectivity index (χ1) is 14.9. The van der Waals surface area contributed by atoms with Gasteiger partial charge in [0.1, 0.15) is 6.61 Å². The number of hydrogen-bond acceptors (Lipinski definition) is 6. The number of nitro benzene ring substituents is 1. The zero-order valence-corrected chi connectivity index (χ0v) is 17.8. The topological polar surface area (TPSA) is 107 Å². The molecule has 0 unspecified atom stereocenters. The Balaban J connectivity index is 1.56. The molecule has 1 aliphatic heterocycles. The van der Waals surface area contributed by atoms with Crippen molar-refractivity contribution < 1.29 is 22.9 Å².